The molecule has 0 bridgehead atoms. The molecule has 1 heterocycles. The number of piperidine rings is 1. The van der Waals surface area contributed by atoms with Gasteiger partial charge in [0.25, 0.3) is 0 Å². The first-order valence-corrected chi connectivity index (χ1v) is 8.69. The van der Waals surface area contributed by atoms with Crippen LogP contribution in [0.5, 0.6) is 5.75 Å². The molecule has 1 aliphatic carbocycles. The highest BCUT2D eigenvalue weighted by Crippen LogP contribution is 2.38. The molecule has 0 radical (unpaired) electrons. The Morgan fingerprint density at radius 2 is 2.10 bits per heavy atom. The van der Waals surface area contributed by atoms with Crippen LogP contribution in [0.4, 0.5) is 0 Å². The summed E-state index contributed by atoms with van der Waals surface area (Å²) in [5.74, 6) is 1.07. The number of fused-ring (bicyclic) bond motifs is 1. The molecule has 2 aliphatic rings. The normalized spacial score (nSPS) is 22.4. The second kappa shape index (κ2) is 6.48. The standard InChI is InChI=1S/C17H24BrNO/c1-20-17-15(11-13-7-4-5-9-19-13)14-8-3-2-6-12(14)10-16(17)18/h10,13,19H,2-9,11H2,1H3. The Kier molecular flexibility index (Phi) is 4.67. The molecule has 0 spiro atoms. The highest BCUT2D eigenvalue weighted by atomic mass is 79.9. The van der Waals surface area contributed by atoms with Crippen molar-refractivity contribution in [3.05, 3.63) is 27.2 Å². The Morgan fingerprint density at radius 3 is 2.85 bits per heavy atom. The summed E-state index contributed by atoms with van der Waals surface area (Å²) >= 11 is 3.71. The van der Waals surface area contributed by atoms with Crippen LogP contribution in [-0.2, 0) is 19.3 Å². The van der Waals surface area contributed by atoms with Crippen molar-refractivity contribution in [2.75, 3.05) is 13.7 Å². The van der Waals surface area contributed by atoms with Gasteiger partial charge in [-0.05, 0) is 84.6 Å². The van der Waals surface area contributed by atoms with Gasteiger partial charge in [-0.1, -0.05) is 6.42 Å². The van der Waals surface area contributed by atoms with Gasteiger partial charge < -0.3 is 10.1 Å². The molecule has 1 atom stereocenters. The summed E-state index contributed by atoms with van der Waals surface area (Å²) in [6.07, 6.45) is 10.2. The molecule has 0 aromatic heterocycles. The third-order valence-electron chi connectivity index (χ3n) is 4.73. The zero-order valence-electron chi connectivity index (χ0n) is 12.3. The molecule has 0 amide bonds. The molecule has 1 unspecified atom stereocenters. The topological polar surface area (TPSA) is 21.3 Å². The summed E-state index contributed by atoms with van der Waals surface area (Å²) in [5.41, 5.74) is 4.56. The number of hydrogen-bond acceptors (Lipinski definition) is 2. The van der Waals surface area contributed by atoms with Gasteiger partial charge in [-0.2, -0.15) is 0 Å². The third-order valence-corrected chi connectivity index (χ3v) is 5.32. The van der Waals surface area contributed by atoms with Crippen molar-refractivity contribution >= 4 is 15.9 Å². The van der Waals surface area contributed by atoms with Crippen molar-refractivity contribution in [2.24, 2.45) is 0 Å². The fourth-order valence-electron chi connectivity index (χ4n) is 3.71. The first-order valence-electron chi connectivity index (χ1n) is 7.90. The molecule has 1 aliphatic heterocycles. The largest absolute Gasteiger partial charge is 0.495 e. The fourth-order valence-corrected chi connectivity index (χ4v) is 4.39. The number of benzene rings is 1. The van der Waals surface area contributed by atoms with Gasteiger partial charge in [0.05, 0.1) is 11.6 Å². The van der Waals surface area contributed by atoms with E-state index in [1.54, 1.807) is 12.7 Å². The van der Waals surface area contributed by atoms with Gasteiger partial charge >= 0.3 is 0 Å². The first-order chi connectivity index (χ1) is 9.79. The fraction of sp³-hybridized carbons (Fsp3) is 0.647. The maximum atomic E-state index is 5.71. The average molecular weight is 338 g/mol. The Labute approximate surface area is 130 Å². The third kappa shape index (κ3) is 2.89. The minimum atomic E-state index is 0.623. The number of aryl methyl sites for hydroxylation is 1. The number of hydrogen-bond donors (Lipinski definition) is 1. The van der Waals surface area contributed by atoms with Crippen LogP contribution in [0.15, 0.2) is 10.5 Å². The maximum Gasteiger partial charge on any atom is 0.136 e. The van der Waals surface area contributed by atoms with Gasteiger partial charge in [-0.3, -0.25) is 0 Å². The van der Waals surface area contributed by atoms with E-state index in [9.17, 15) is 0 Å². The van der Waals surface area contributed by atoms with Crippen LogP contribution >= 0.6 is 15.9 Å². The first kappa shape index (κ1) is 14.4. The van der Waals surface area contributed by atoms with Crippen molar-refractivity contribution < 1.29 is 4.74 Å². The van der Waals surface area contributed by atoms with Crippen molar-refractivity contribution in [1.29, 1.82) is 0 Å². The lowest BCUT2D eigenvalue weighted by Gasteiger charge is -2.28. The number of ether oxygens (including phenoxy) is 1. The molecule has 0 saturated carbocycles. The Bertz CT molecular complexity index is 480. The van der Waals surface area contributed by atoms with E-state index < -0.39 is 0 Å². The van der Waals surface area contributed by atoms with Gasteiger partial charge in [0.15, 0.2) is 0 Å². The van der Waals surface area contributed by atoms with Gasteiger partial charge in [0, 0.05) is 11.6 Å². The zero-order valence-corrected chi connectivity index (χ0v) is 13.9. The molecule has 1 aromatic carbocycles. The second-order valence-corrected chi connectivity index (χ2v) is 6.92. The van der Waals surface area contributed by atoms with Crippen LogP contribution in [-0.4, -0.2) is 19.7 Å². The quantitative estimate of drug-likeness (QED) is 0.899. The summed E-state index contributed by atoms with van der Waals surface area (Å²) in [7, 11) is 1.80. The zero-order chi connectivity index (χ0) is 13.9. The van der Waals surface area contributed by atoms with Crippen molar-refractivity contribution in [3.63, 3.8) is 0 Å². The molecule has 1 saturated heterocycles. The van der Waals surface area contributed by atoms with Crippen LogP contribution in [0.1, 0.15) is 48.8 Å². The predicted molar refractivity (Wildman–Crippen MR) is 86.7 cm³/mol. The number of rotatable bonds is 3. The van der Waals surface area contributed by atoms with E-state index in [4.69, 9.17) is 4.74 Å². The smallest absolute Gasteiger partial charge is 0.136 e. The lowest BCUT2D eigenvalue weighted by Crippen LogP contribution is -2.36. The molecular weight excluding hydrogens is 314 g/mol. The molecule has 1 aromatic rings. The number of halogens is 1. The molecular formula is C17H24BrNO. The summed E-state index contributed by atoms with van der Waals surface area (Å²) in [6.45, 7) is 1.17. The van der Waals surface area contributed by atoms with Crippen molar-refractivity contribution in [1.82, 2.24) is 5.32 Å². The van der Waals surface area contributed by atoms with E-state index in [-0.39, 0.29) is 0 Å². The molecule has 3 rings (SSSR count). The van der Waals surface area contributed by atoms with E-state index in [1.165, 1.54) is 62.6 Å². The number of nitrogens with one attached hydrogen (secondary N) is 1. The molecule has 20 heavy (non-hydrogen) atoms. The second-order valence-electron chi connectivity index (χ2n) is 6.07. The van der Waals surface area contributed by atoms with E-state index >= 15 is 0 Å². The lowest BCUT2D eigenvalue weighted by atomic mass is 9.84. The molecule has 2 nitrogen and oxygen atoms in total. The molecule has 1 fully saturated rings. The van der Waals surface area contributed by atoms with Gasteiger partial charge in [0.1, 0.15) is 5.75 Å². The molecule has 3 heteroatoms. The molecule has 1 N–H and O–H groups in total. The number of methoxy groups -OCH3 is 1. The van der Waals surface area contributed by atoms with Crippen LogP contribution in [0.25, 0.3) is 0 Å². The van der Waals surface area contributed by atoms with Crippen LogP contribution in [0.3, 0.4) is 0 Å². The van der Waals surface area contributed by atoms with Crippen LogP contribution in [0, 0.1) is 0 Å². The molecule has 110 valence electrons. The maximum absolute atomic E-state index is 5.71. The van der Waals surface area contributed by atoms with E-state index in [2.05, 4.69) is 27.3 Å². The highest BCUT2D eigenvalue weighted by Gasteiger charge is 2.23. The minimum absolute atomic E-state index is 0.623. The monoisotopic (exact) mass is 337 g/mol. The Morgan fingerprint density at radius 1 is 1.25 bits per heavy atom. The minimum Gasteiger partial charge on any atom is -0.495 e. The average Bonchev–Trinajstić information content (AvgIpc) is 2.48. The van der Waals surface area contributed by atoms with Gasteiger partial charge in [-0.15, -0.1) is 0 Å². The van der Waals surface area contributed by atoms with Gasteiger partial charge in [0.2, 0.25) is 0 Å². The SMILES string of the molecule is COc1c(Br)cc2c(c1CC1CCCCN1)CCCC2. The van der Waals surface area contributed by atoms with Crippen molar-refractivity contribution in [2.45, 2.75) is 57.4 Å². The van der Waals surface area contributed by atoms with Crippen LogP contribution in [0.2, 0.25) is 0 Å². The van der Waals surface area contributed by atoms with E-state index in [0.717, 1.165) is 16.6 Å². The van der Waals surface area contributed by atoms with E-state index in [1.807, 2.05) is 0 Å². The summed E-state index contributed by atoms with van der Waals surface area (Å²) in [5, 5.41) is 3.67. The highest BCUT2D eigenvalue weighted by molar-refractivity contribution is 9.10. The summed E-state index contributed by atoms with van der Waals surface area (Å²) in [4.78, 5) is 0. The summed E-state index contributed by atoms with van der Waals surface area (Å²) in [6, 6.07) is 2.91. The van der Waals surface area contributed by atoms with Gasteiger partial charge in [-0.25, -0.2) is 0 Å². The lowest BCUT2D eigenvalue weighted by molar-refractivity contribution is 0.378. The Hall–Kier alpha value is -0.540. The van der Waals surface area contributed by atoms with Crippen LogP contribution < -0.4 is 10.1 Å². The van der Waals surface area contributed by atoms with Crippen molar-refractivity contribution in [3.8, 4) is 5.75 Å². The predicted octanol–water partition coefficient (Wildman–Crippen LogP) is 4.02. The van der Waals surface area contributed by atoms with E-state index in [0.29, 0.717) is 6.04 Å². The summed E-state index contributed by atoms with van der Waals surface area (Å²) < 4.78 is 6.84. The Balaban J connectivity index is 1.95.